The Morgan fingerprint density at radius 3 is 2.67 bits per heavy atom. The summed E-state index contributed by atoms with van der Waals surface area (Å²) in [5, 5.41) is 2.86. The van der Waals surface area contributed by atoms with E-state index < -0.39 is 0 Å². The van der Waals surface area contributed by atoms with Gasteiger partial charge in [0, 0.05) is 5.54 Å². The summed E-state index contributed by atoms with van der Waals surface area (Å²) in [7, 11) is 0. The molecule has 1 amide bonds. The summed E-state index contributed by atoms with van der Waals surface area (Å²) in [5.41, 5.74) is 0.803. The minimum absolute atomic E-state index is 0.0332. The lowest BCUT2D eigenvalue weighted by Crippen LogP contribution is -2.43. The highest BCUT2D eigenvalue weighted by Crippen LogP contribution is 2.18. The Labute approximate surface area is 109 Å². The molecule has 0 bridgehead atoms. The van der Waals surface area contributed by atoms with E-state index in [0.29, 0.717) is 0 Å². The summed E-state index contributed by atoms with van der Waals surface area (Å²) >= 11 is 0. The molecule has 3 heteroatoms. The molecule has 98 valence electrons. The Hall–Kier alpha value is -1.77. The number of para-hydroxylation sites is 1. The van der Waals surface area contributed by atoms with Crippen molar-refractivity contribution in [3.8, 4) is 5.75 Å². The van der Waals surface area contributed by atoms with Crippen LogP contribution in [-0.2, 0) is 11.2 Å². The molecule has 0 radical (unpaired) electrons. The Morgan fingerprint density at radius 1 is 1.39 bits per heavy atom. The summed E-state index contributed by atoms with van der Waals surface area (Å²) in [5.74, 6) is 0.623. The lowest BCUT2D eigenvalue weighted by molar-refractivity contribution is -0.124. The molecule has 0 aliphatic carbocycles. The fraction of sp³-hybridized carbons (Fsp3) is 0.400. The van der Waals surface area contributed by atoms with E-state index in [1.54, 1.807) is 0 Å². The second kappa shape index (κ2) is 6.24. The van der Waals surface area contributed by atoms with Gasteiger partial charge in [-0.2, -0.15) is 0 Å². The maximum atomic E-state index is 11.6. The first-order chi connectivity index (χ1) is 8.42. The molecule has 0 atom stereocenters. The number of hydrogen-bond acceptors (Lipinski definition) is 2. The molecule has 1 N–H and O–H groups in total. The van der Waals surface area contributed by atoms with Crippen LogP contribution in [0, 0.1) is 0 Å². The molecule has 0 fully saturated rings. The zero-order chi connectivity index (χ0) is 13.6. The van der Waals surface area contributed by atoms with Crippen molar-refractivity contribution in [2.75, 3.05) is 6.61 Å². The van der Waals surface area contributed by atoms with Crippen molar-refractivity contribution in [3.63, 3.8) is 0 Å². The number of carbonyl (C=O) groups excluding carboxylic acids is 1. The molecule has 1 rings (SSSR count). The van der Waals surface area contributed by atoms with Crippen molar-refractivity contribution >= 4 is 5.91 Å². The fourth-order valence-corrected chi connectivity index (χ4v) is 1.57. The molecule has 0 aromatic heterocycles. The van der Waals surface area contributed by atoms with Crippen molar-refractivity contribution in [1.29, 1.82) is 0 Å². The first kappa shape index (κ1) is 14.3. The maximum absolute atomic E-state index is 11.6. The van der Waals surface area contributed by atoms with E-state index >= 15 is 0 Å². The number of benzene rings is 1. The van der Waals surface area contributed by atoms with E-state index in [2.05, 4.69) is 11.9 Å². The predicted molar refractivity (Wildman–Crippen MR) is 73.7 cm³/mol. The van der Waals surface area contributed by atoms with Gasteiger partial charge in [0.25, 0.3) is 5.91 Å². The first-order valence-corrected chi connectivity index (χ1v) is 6.05. The van der Waals surface area contributed by atoms with Crippen LogP contribution in [0.1, 0.15) is 26.3 Å². The SMILES string of the molecule is C=CCc1ccccc1OCC(=O)NC(C)(C)C. The van der Waals surface area contributed by atoms with Crippen molar-refractivity contribution in [2.24, 2.45) is 0 Å². The average molecular weight is 247 g/mol. The topological polar surface area (TPSA) is 38.3 Å². The summed E-state index contributed by atoms with van der Waals surface area (Å²) < 4.78 is 5.54. The zero-order valence-electron chi connectivity index (χ0n) is 11.3. The smallest absolute Gasteiger partial charge is 0.258 e. The molecule has 3 nitrogen and oxygen atoms in total. The number of hydrogen-bond donors (Lipinski definition) is 1. The van der Waals surface area contributed by atoms with Crippen LogP contribution in [0.5, 0.6) is 5.75 Å². The molecular weight excluding hydrogens is 226 g/mol. The van der Waals surface area contributed by atoms with Gasteiger partial charge in [0.05, 0.1) is 0 Å². The zero-order valence-corrected chi connectivity index (χ0v) is 11.3. The van der Waals surface area contributed by atoms with Crippen molar-refractivity contribution in [1.82, 2.24) is 5.32 Å². The van der Waals surface area contributed by atoms with Gasteiger partial charge >= 0.3 is 0 Å². The summed E-state index contributed by atoms with van der Waals surface area (Å²) in [4.78, 5) is 11.6. The monoisotopic (exact) mass is 247 g/mol. The second-order valence-corrected chi connectivity index (χ2v) is 5.19. The number of ether oxygens (including phenoxy) is 1. The molecule has 1 aromatic rings. The van der Waals surface area contributed by atoms with Gasteiger partial charge in [-0.25, -0.2) is 0 Å². The number of amides is 1. The minimum Gasteiger partial charge on any atom is -0.483 e. The Balaban J connectivity index is 2.58. The van der Waals surface area contributed by atoms with Crippen molar-refractivity contribution < 1.29 is 9.53 Å². The van der Waals surface area contributed by atoms with Crippen molar-refractivity contribution in [2.45, 2.75) is 32.7 Å². The Morgan fingerprint density at radius 2 is 2.06 bits per heavy atom. The summed E-state index contributed by atoms with van der Waals surface area (Å²) in [6.07, 6.45) is 2.55. The van der Waals surface area contributed by atoms with Crippen LogP contribution in [0.15, 0.2) is 36.9 Å². The van der Waals surface area contributed by atoms with Gasteiger partial charge in [0.1, 0.15) is 5.75 Å². The number of rotatable bonds is 5. The van der Waals surface area contributed by atoms with Crippen LogP contribution >= 0.6 is 0 Å². The third kappa shape index (κ3) is 5.04. The maximum Gasteiger partial charge on any atom is 0.258 e. The van der Waals surface area contributed by atoms with Gasteiger partial charge in [0.2, 0.25) is 0 Å². The van der Waals surface area contributed by atoms with E-state index in [0.717, 1.165) is 17.7 Å². The third-order valence-corrected chi connectivity index (χ3v) is 2.21. The van der Waals surface area contributed by atoms with Crippen LogP contribution in [0.25, 0.3) is 0 Å². The van der Waals surface area contributed by atoms with Crippen LogP contribution in [0.4, 0.5) is 0 Å². The highest BCUT2D eigenvalue weighted by Gasteiger charge is 2.14. The number of carbonyl (C=O) groups is 1. The van der Waals surface area contributed by atoms with Gasteiger partial charge in [-0.1, -0.05) is 24.3 Å². The quantitative estimate of drug-likeness (QED) is 0.812. The lowest BCUT2D eigenvalue weighted by atomic mass is 10.1. The van der Waals surface area contributed by atoms with E-state index in [9.17, 15) is 4.79 Å². The third-order valence-electron chi connectivity index (χ3n) is 2.21. The van der Waals surface area contributed by atoms with Crippen LogP contribution in [-0.4, -0.2) is 18.1 Å². The predicted octanol–water partition coefficient (Wildman–Crippen LogP) is 2.71. The fourth-order valence-electron chi connectivity index (χ4n) is 1.57. The van der Waals surface area contributed by atoms with Gasteiger partial charge in [0.15, 0.2) is 6.61 Å². The Bertz CT molecular complexity index is 419. The molecule has 0 saturated carbocycles. The Kier molecular flexibility index (Phi) is 4.95. The highest BCUT2D eigenvalue weighted by atomic mass is 16.5. The largest absolute Gasteiger partial charge is 0.483 e. The molecule has 0 aliphatic heterocycles. The number of nitrogens with one attached hydrogen (secondary N) is 1. The molecule has 0 aliphatic rings. The molecule has 18 heavy (non-hydrogen) atoms. The van der Waals surface area contributed by atoms with Gasteiger partial charge in [-0.05, 0) is 38.8 Å². The molecular formula is C15H21NO2. The van der Waals surface area contributed by atoms with Crippen LogP contribution in [0.2, 0.25) is 0 Å². The van der Waals surface area contributed by atoms with E-state index in [1.165, 1.54) is 0 Å². The first-order valence-electron chi connectivity index (χ1n) is 6.05. The highest BCUT2D eigenvalue weighted by molar-refractivity contribution is 5.78. The number of allylic oxidation sites excluding steroid dienone is 1. The van der Waals surface area contributed by atoms with Gasteiger partial charge < -0.3 is 10.1 Å². The lowest BCUT2D eigenvalue weighted by Gasteiger charge is -2.20. The van der Waals surface area contributed by atoms with Crippen LogP contribution < -0.4 is 10.1 Å². The molecule has 1 aromatic carbocycles. The minimum atomic E-state index is -0.235. The normalized spacial score (nSPS) is 10.8. The van der Waals surface area contributed by atoms with E-state index in [-0.39, 0.29) is 18.1 Å². The second-order valence-electron chi connectivity index (χ2n) is 5.19. The standard InChI is InChI=1S/C15H21NO2/c1-5-8-12-9-6-7-10-13(12)18-11-14(17)16-15(2,3)4/h5-7,9-10H,1,8,11H2,2-4H3,(H,16,17). The molecule has 0 heterocycles. The summed E-state index contributed by atoms with van der Waals surface area (Å²) in [6, 6.07) is 7.67. The van der Waals surface area contributed by atoms with E-state index in [1.807, 2.05) is 51.1 Å². The molecule has 0 spiro atoms. The van der Waals surface area contributed by atoms with Gasteiger partial charge in [-0.15, -0.1) is 6.58 Å². The van der Waals surface area contributed by atoms with Crippen LogP contribution in [0.3, 0.4) is 0 Å². The van der Waals surface area contributed by atoms with Gasteiger partial charge in [-0.3, -0.25) is 4.79 Å². The molecule has 0 unspecified atom stereocenters. The van der Waals surface area contributed by atoms with E-state index in [4.69, 9.17) is 4.74 Å². The molecule has 0 saturated heterocycles. The van der Waals surface area contributed by atoms with Crippen molar-refractivity contribution in [3.05, 3.63) is 42.5 Å². The average Bonchev–Trinajstić information content (AvgIpc) is 2.26. The summed E-state index contributed by atoms with van der Waals surface area (Å²) in [6.45, 7) is 9.56.